The Labute approximate surface area is 122 Å². The number of ether oxygens (including phenoxy) is 1. The second kappa shape index (κ2) is 6.65. The third-order valence-corrected chi connectivity index (χ3v) is 2.84. The van der Waals surface area contributed by atoms with Crippen molar-refractivity contribution in [3.8, 4) is 11.6 Å². The largest absolute Gasteiger partial charge is 0.439 e. The molecule has 0 radical (unpaired) electrons. The predicted octanol–water partition coefficient (Wildman–Crippen LogP) is 3.31. The fraction of sp³-hybridized carbons (Fsp3) is 0.286. The van der Waals surface area contributed by atoms with E-state index in [2.05, 4.69) is 22.2 Å². The molecule has 0 aliphatic heterocycles. The maximum absolute atomic E-state index is 10.6. The van der Waals surface area contributed by atoms with Gasteiger partial charge in [-0.15, -0.1) is 0 Å². The van der Waals surface area contributed by atoms with Crippen molar-refractivity contribution in [1.82, 2.24) is 9.97 Å². The van der Waals surface area contributed by atoms with Crippen LogP contribution >= 0.6 is 0 Å². The number of nitro benzene ring substituents is 1. The van der Waals surface area contributed by atoms with Gasteiger partial charge in [0, 0.05) is 18.7 Å². The molecule has 1 aromatic heterocycles. The van der Waals surface area contributed by atoms with Crippen LogP contribution in [-0.2, 0) is 0 Å². The Hall–Kier alpha value is -2.70. The van der Waals surface area contributed by atoms with E-state index in [1.165, 1.54) is 18.5 Å². The monoisotopic (exact) mass is 288 g/mol. The van der Waals surface area contributed by atoms with E-state index < -0.39 is 4.92 Å². The number of hydrogen-bond donors (Lipinski definition) is 1. The average molecular weight is 288 g/mol. The minimum absolute atomic E-state index is 0.0204. The van der Waals surface area contributed by atoms with Gasteiger partial charge < -0.3 is 10.1 Å². The summed E-state index contributed by atoms with van der Waals surface area (Å²) < 4.78 is 5.65. The van der Waals surface area contributed by atoms with Crippen molar-refractivity contribution in [3.05, 3.63) is 46.3 Å². The SMILES string of the molecule is CCCNc1ncnc(Oc2ccc([N+](=O)[O-])cc2)c1C. The number of non-ortho nitro benzene ring substituents is 1. The van der Waals surface area contributed by atoms with Gasteiger partial charge in [-0.3, -0.25) is 10.1 Å². The molecule has 0 amide bonds. The summed E-state index contributed by atoms with van der Waals surface area (Å²) in [5.74, 6) is 1.64. The van der Waals surface area contributed by atoms with Crippen molar-refractivity contribution < 1.29 is 9.66 Å². The van der Waals surface area contributed by atoms with E-state index in [9.17, 15) is 10.1 Å². The maximum atomic E-state index is 10.6. The van der Waals surface area contributed by atoms with Crippen molar-refractivity contribution in [1.29, 1.82) is 0 Å². The number of nitro groups is 1. The molecular formula is C14H16N4O3. The lowest BCUT2D eigenvalue weighted by atomic mass is 10.3. The fourth-order valence-electron chi connectivity index (χ4n) is 1.71. The zero-order valence-corrected chi connectivity index (χ0v) is 11.9. The van der Waals surface area contributed by atoms with E-state index in [0.29, 0.717) is 11.6 Å². The van der Waals surface area contributed by atoms with Crippen LogP contribution in [0.1, 0.15) is 18.9 Å². The predicted molar refractivity (Wildman–Crippen MR) is 78.7 cm³/mol. The van der Waals surface area contributed by atoms with E-state index in [1.807, 2.05) is 6.92 Å². The number of anilines is 1. The summed E-state index contributed by atoms with van der Waals surface area (Å²) >= 11 is 0. The van der Waals surface area contributed by atoms with Crippen LogP contribution in [-0.4, -0.2) is 21.4 Å². The van der Waals surface area contributed by atoms with Crippen LogP contribution in [0.15, 0.2) is 30.6 Å². The van der Waals surface area contributed by atoms with Crippen LogP contribution in [0, 0.1) is 17.0 Å². The lowest BCUT2D eigenvalue weighted by Crippen LogP contribution is -2.05. The van der Waals surface area contributed by atoms with Gasteiger partial charge in [-0.1, -0.05) is 6.92 Å². The lowest BCUT2D eigenvalue weighted by Gasteiger charge is -2.11. The van der Waals surface area contributed by atoms with Crippen LogP contribution in [0.2, 0.25) is 0 Å². The summed E-state index contributed by atoms with van der Waals surface area (Å²) in [6, 6.07) is 5.86. The molecule has 0 bridgehead atoms. The number of nitrogens with one attached hydrogen (secondary N) is 1. The first-order chi connectivity index (χ1) is 10.1. The lowest BCUT2D eigenvalue weighted by molar-refractivity contribution is -0.384. The van der Waals surface area contributed by atoms with Crippen LogP contribution in [0.3, 0.4) is 0 Å². The van der Waals surface area contributed by atoms with Crippen LogP contribution in [0.4, 0.5) is 11.5 Å². The molecule has 0 fully saturated rings. The smallest absolute Gasteiger partial charge is 0.269 e. The van der Waals surface area contributed by atoms with E-state index in [-0.39, 0.29) is 5.69 Å². The zero-order chi connectivity index (χ0) is 15.2. The Kier molecular flexibility index (Phi) is 4.65. The van der Waals surface area contributed by atoms with Crippen molar-refractivity contribution in [2.45, 2.75) is 20.3 Å². The Morgan fingerprint density at radius 3 is 2.62 bits per heavy atom. The summed E-state index contributed by atoms with van der Waals surface area (Å²) in [5.41, 5.74) is 0.816. The number of benzene rings is 1. The minimum atomic E-state index is -0.452. The number of nitrogens with zero attached hydrogens (tertiary/aromatic N) is 3. The summed E-state index contributed by atoms with van der Waals surface area (Å²) in [6.07, 6.45) is 2.41. The quantitative estimate of drug-likeness (QED) is 0.647. The topological polar surface area (TPSA) is 90.2 Å². The summed E-state index contributed by atoms with van der Waals surface area (Å²) in [4.78, 5) is 18.4. The first kappa shape index (κ1) is 14.7. The summed E-state index contributed by atoms with van der Waals surface area (Å²) in [5, 5.41) is 13.8. The highest BCUT2D eigenvalue weighted by atomic mass is 16.6. The number of rotatable bonds is 6. The third kappa shape index (κ3) is 3.65. The molecule has 1 heterocycles. The van der Waals surface area contributed by atoms with Gasteiger partial charge in [-0.2, -0.15) is 0 Å². The van der Waals surface area contributed by atoms with Crippen LogP contribution < -0.4 is 10.1 Å². The van der Waals surface area contributed by atoms with Crippen LogP contribution in [0.5, 0.6) is 11.6 Å². The van der Waals surface area contributed by atoms with Gasteiger partial charge in [-0.05, 0) is 25.5 Å². The molecule has 21 heavy (non-hydrogen) atoms. The van der Waals surface area contributed by atoms with Gasteiger partial charge in [0.25, 0.3) is 5.69 Å². The van der Waals surface area contributed by atoms with Crippen LogP contribution in [0.25, 0.3) is 0 Å². The highest BCUT2D eigenvalue weighted by Crippen LogP contribution is 2.27. The Balaban J connectivity index is 2.17. The molecule has 0 atom stereocenters. The van der Waals surface area contributed by atoms with Gasteiger partial charge in [0.2, 0.25) is 5.88 Å². The molecule has 0 spiro atoms. The fourth-order valence-corrected chi connectivity index (χ4v) is 1.71. The molecule has 2 rings (SSSR count). The van der Waals surface area contributed by atoms with Crippen molar-refractivity contribution in [2.75, 3.05) is 11.9 Å². The standard InChI is InChI=1S/C14H16N4O3/c1-3-8-15-13-10(2)14(17-9-16-13)21-12-6-4-11(5-7-12)18(19)20/h4-7,9H,3,8H2,1-2H3,(H,15,16,17). The second-order valence-corrected chi connectivity index (χ2v) is 4.43. The molecule has 0 saturated carbocycles. The highest BCUT2D eigenvalue weighted by molar-refractivity contribution is 5.49. The Morgan fingerprint density at radius 1 is 1.29 bits per heavy atom. The summed E-state index contributed by atoms with van der Waals surface area (Å²) in [7, 11) is 0. The van der Waals surface area contributed by atoms with Crippen molar-refractivity contribution in [3.63, 3.8) is 0 Å². The van der Waals surface area contributed by atoms with Gasteiger partial charge >= 0.3 is 0 Å². The van der Waals surface area contributed by atoms with E-state index in [0.717, 1.165) is 24.3 Å². The molecule has 2 aromatic rings. The van der Waals surface area contributed by atoms with E-state index in [1.54, 1.807) is 12.1 Å². The molecular weight excluding hydrogens is 272 g/mol. The molecule has 1 aromatic carbocycles. The molecule has 0 unspecified atom stereocenters. The molecule has 7 heteroatoms. The number of aromatic nitrogens is 2. The second-order valence-electron chi connectivity index (χ2n) is 4.43. The molecule has 0 aliphatic rings. The Bertz CT molecular complexity index is 629. The average Bonchev–Trinajstić information content (AvgIpc) is 2.49. The minimum Gasteiger partial charge on any atom is -0.439 e. The zero-order valence-electron chi connectivity index (χ0n) is 11.9. The van der Waals surface area contributed by atoms with Crippen molar-refractivity contribution in [2.24, 2.45) is 0 Å². The number of hydrogen-bond acceptors (Lipinski definition) is 6. The van der Waals surface area contributed by atoms with Gasteiger partial charge in [0.1, 0.15) is 17.9 Å². The Morgan fingerprint density at radius 2 is 2.00 bits per heavy atom. The third-order valence-electron chi connectivity index (χ3n) is 2.84. The first-order valence-corrected chi connectivity index (χ1v) is 6.59. The first-order valence-electron chi connectivity index (χ1n) is 6.59. The van der Waals surface area contributed by atoms with Gasteiger partial charge in [0.05, 0.1) is 10.5 Å². The normalized spacial score (nSPS) is 10.2. The molecule has 0 aliphatic carbocycles. The highest BCUT2D eigenvalue weighted by Gasteiger charge is 2.10. The summed E-state index contributed by atoms with van der Waals surface area (Å²) in [6.45, 7) is 4.74. The molecule has 110 valence electrons. The molecule has 7 nitrogen and oxygen atoms in total. The van der Waals surface area contributed by atoms with E-state index in [4.69, 9.17) is 4.74 Å². The van der Waals surface area contributed by atoms with E-state index >= 15 is 0 Å². The molecule has 0 saturated heterocycles. The maximum Gasteiger partial charge on any atom is 0.269 e. The van der Waals surface area contributed by atoms with Gasteiger partial charge in [-0.25, -0.2) is 9.97 Å². The van der Waals surface area contributed by atoms with Gasteiger partial charge in [0.15, 0.2) is 0 Å². The van der Waals surface area contributed by atoms with Crippen molar-refractivity contribution >= 4 is 11.5 Å². The molecule has 1 N–H and O–H groups in total.